The Morgan fingerprint density at radius 2 is 1.83 bits per heavy atom. The summed E-state index contributed by atoms with van der Waals surface area (Å²) in [6, 6.07) is 15.4. The van der Waals surface area contributed by atoms with Crippen LogP contribution in [0.4, 0.5) is 11.5 Å². The number of amides is 1. The second kappa shape index (κ2) is 6.28. The molecule has 1 aliphatic heterocycles. The van der Waals surface area contributed by atoms with Crippen molar-refractivity contribution in [3.8, 4) is 0 Å². The molecule has 2 aromatic carbocycles. The molecule has 1 N–H and O–H groups in total. The molecule has 0 unspecified atom stereocenters. The van der Waals surface area contributed by atoms with Gasteiger partial charge in [0.25, 0.3) is 5.91 Å². The summed E-state index contributed by atoms with van der Waals surface area (Å²) in [4.78, 5) is 23.1. The van der Waals surface area contributed by atoms with Crippen LogP contribution in [0.1, 0.15) is 23.2 Å². The number of nitrogens with zero attached hydrogens (tertiary/aromatic N) is 3. The number of carbonyl (C=O) groups excluding carboxylic acids is 1. The van der Waals surface area contributed by atoms with Gasteiger partial charge in [-0.3, -0.25) is 4.79 Å². The lowest BCUT2D eigenvalue weighted by molar-refractivity contribution is 0.0793. The van der Waals surface area contributed by atoms with E-state index in [1.165, 1.54) is 0 Å². The van der Waals surface area contributed by atoms with Crippen molar-refractivity contribution in [3.63, 3.8) is 0 Å². The van der Waals surface area contributed by atoms with Crippen molar-refractivity contribution in [2.75, 3.05) is 18.4 Å². The van der Waals surface area contributed by atoms with Crippen LogP contribution in [0.5, 0.6) is 0 Å². The highest BCUT2D eigenvalue weighted by atomic mass is 16.2. The van der Waals surface area contributed by atoms with Gasteiger partial charge in [-0.1, -0.05) is 18.2 Å². The highest BCUT2D eigenvalue weighted by molar-refractivity contribution is 5.96. The number of fused-ring (bicyclic) bond motifs is 1. The lowest BCUT2D eigenvalue weighted by Gasteiger charge is -2.16. The third-order valence-corrected chi connectivity index (χ3v) is 4.31. The fraction of sp³-hybridized carbons (Fsp3) is 0.211. The summed E-state index contributed by atoms with van der Waals surface area (Å²) in [6.45, 7) is 1.71. The first-order valence-electron chi connectivity index (χ1n) is 8.17. The molecule has 1 aliphatic rings. The normalized spacial score (nSPS) is 14.1. The maximum absolute atomic E-state index is 12.5. The van der Waals surface area contributed by atoms with E-state index in [1.54, 1.807) is 6.33 Å². The van der Waals surface area contributed by atoms with Gasteiger partial charge in [0.15, 0.2) is 0 Å². The summed E-state index contributed by atoms with van der Waals surface area (Å²) >= 11 is 0. The van der Waals surface area contributed by atoms with E-state index in [0.29, 0.717) is 5.56 Å². The van der Waals surface area contributed by atoms with Crippen LogP contribution >= 0.6 is 0 Å². The summed E-state index contributed by atoms with van der Waals surface area (Å²) in [7, 11) is 0. The molecule has 3 aromatic rings. The van der Waals surface area contributed by atoms with Gasteiger partial charge in [-0.2, -0.15) is 0 Å². The van der Waals surface area contributed by atoms with Crippen LogP contribution in [0.2, 0.25) is 0 Å². The van der Waals surface area contributed by atoms with Crippen molar-refractivity contribution in [2.24, 2.45) is 0 Å². The van der Waals surface area contributed by atoms with E-state index in [9.17, 15) is 4.79 Å². The third-order valence-electron chi connectivity index (χ3n) is 4.31. The SMILES string of the molecule is O=C(c1cccc(Nc2ncnc3ccccc23)c1)N1CCCC1. The molecule has 0 aliphatic carbocycles. The van der Waals surface area contributed by atoms with Gasteiger partial charge in [0.05, 0.1) is 5.52 Å². The maximum atomic E-state index is 12.5. The van der Waals surface area contributed by atoms with Crippen LogP contribution in [0.25, 0.3) is 10.9 Å². The highest BCUT2D eigenvalue weighted by Gasteiger charge is 2.19. The standard InChI is InChI=1S/C19H18N4O/c24-19(23-10-3-4-11-23)14-6-5-7-15(12-14)22-18-16-8-1-2-9-17(16)20-13-21-18/h1-2,5-9,12-13H,3-4,10-11H2,(H,20,21,22). The fourth-order valence-corrected chi connectivity index (χ4v) is 3.07. The predicted molar refractivity (Wildman–Crippen MR) is 94.4 cm³/mol. The van der Waals surface area contributed by atoms with E-state index in [0.717, 1.165) is 48.3 Å². The van der Waals surface area contributed by atoms with E-state index in [-0.39, 0.29) is 5.91 Å². The van der Waals surface area contributed by atoms with Gasteiger partial charge in [-0.25, -0.2) is 9.97 Å². The minimum Gasteiger partial charge on any atom is -0.340 e. The maximum Gasteiger partial charge on any atom is 0.253 e. The second-order valence-electron chi connectivity index (χ2n) is 5.94. The number of benzene rings is 2. The third kappa shape index (κ3) is 2.80. The number of carbonyl (C=O) groups is 1. The second-order valence-corrected chi connectivity index (χ2v) is 5.94. The molecule has 24 heavy (non-hydrogen) atoms. The molecule has 1 saturated heterocycles. The first-order chi connectivity index (χ1) is 11.8. The largest absolute Gasteiger partial charge is 0.340 e. The minimum absolute atomic E-state index is 0.101. The smallest absolute Gasteiger partial charge is 0.253 e. The summed E-state index contributed by atoms with van der Waals surface area (Å²) in [5.41, 5.74) is 2.45. The van der Waals surface area contributed by atoms with Gasteiger partial charge >= 0.3 is 0 Å². The molecule has 1 fully saturated rings. The van der Waals surface area contributed by atoms with E-state index in [4.69, 9.17) is 0 Å². The lowest BCUT2D eigenvalue weighted by Crippen LogP contribution is -2.27. The first kappa shape index (κ1) is 14.6. The number of likely N-dealkylation sites (tertiary alicyclic amines) is 1. The quantitative estimate of drug-likeness (QED) is 0.801. The van der Waals surface area contributed by atoms with Crippen molar-refractivity contribution in [1.82, 2.24) is 14.9 Å². The van der Waals surface area contributed by atoms with Crippen LogP contribution in [-0.2, 0) is 0 Å². The lowest BCUT2D eigenvalue weighted by atomic mass is 10.1. The Morgan fingerprint density at radius 3 is 2.71 bits per heavy atom. The monoisotopic (exact) mass is 318 g/mol. The molecule has 0 radical (unpaired) electrons. The number of anilines is 2. The molecule has 1 aromatic heterocycles. The van der Waals surface area contributed by atoms with Crippen LogP contribution in [-0.4, -0.2) is 33.9 Å². The Labute approximate surface area is 140 Å². The summed E-state index contributed by atoms with van der Waals surface area (Å²) in [5.74, 6) is 0.843. The molecule has 2 heterocycles. The molecule has 0 spiro atoms. The van der Waals surface area contributed by atoms with Crippen LogP contribution in [0.15, 0.2) is 54.9 Å². The zero-order valence-electron chi connectivity index (χ0n) is 13.3. The van der Waals surface area contributed by atoms with Gasteiger partial charge < -0.3 is 10.2 Å². The van der Waals surface area contributed by atoms with Crippen molar-refractivity contribution < 1.29 is 4.79 Å². The Bertz CT molecular complexity index is 882. The molecular formula is C19H18N4O. The molecule has 1 amide bonds. The number of hydrogen-bond donors (Lipinski definition) is 1. The van der Waals surface area contributed by atoms with Crippen molar-refractivity contribution in [1.29, 1.82) is 0 Å². The molecule has 4 rings (SSSR count). The van der Waals surface area contributed by atoms with E-state index in [1.807, 2.05) is 53.4 Å². The number of aromatic nitrogens is 2. The summed E-state index contributed by atoms with van der Waals surface area (Å²) in [6.07, 6.45) is 3.73. The van der Waals surface area contributed by atoms with Gasteiger partial charge in [0.1, 0.15) is 12.1 Å². The van der Waals surface area contributed by atoms with Crippen LogP contribution in [0, 0.1) is 0 Å². The molecule has 5 heteroatoms. The van der Waals surface area contributed by atoms with Crippen LogP contribution < -0.4 is 5.32 Å². The predicted octanol–water partition coefficient (Wildman–Crippen LogP) is 3.61. The average Bonchev–Trinajstić information content (AvgIpc) is 3.16. The molecule has 5 nitrogen and oxygen atoms in total. The van der Waals surface area contributed by atoms with E-state index < -0.39 is 0 Å². The fourth-order valence-electron chi connectivity index (χ4n) is 3.07. The zero-order valence-corrected chi connectivity index (χ0v) is 13.3. The number of hydrogen-bond acceptors (Lipinski definition) is 4. The molecule has 0 bridgehead atoms. The van der Waals surface area contributed by atoms with Crippen LogP contribution in [0.3, 0.4) is 0 Å². The Morgan fingerprint density at radius 1 is 1.00 bits per heavy atom. The van der Waals surface area contributed by atoms with Crippen molar-refractivity contribution in [3.05, 3.63) is 60.4 Å². The summed E-state index contributed by atoms with van der Waals surface area (Å²) in [5, 5.41) is 4.27. The van der Waals surface area contributed by atoms with Crippen molar-refractivity contribution >= 4 is 28.3 Å². The number of rotatable bonds is 3. The van der Waals surface area contributed by atoms with Gasteiger partial charge in [-0.15, -0.1) is 0 Å². The highest BCUT2D eigenvalue weighted by Crippen LogP contribution is 2.23. The first-order valence-corrected chi connectivity index (χ1v) is 8.17. The topological polar surface area (TPSA) is 58.1 Å². The molecular weight excluding hydrogens is 300 g/mol. The number of para-hydroxylation sites is 1. The Hall–Kier alpha value is -2.95. The van der Waals surface area contributed by atoms with Gasteiger partial charge in [0.2, 0.25) is 0 Å². The zero-order chi connectivity index (χ0) is 16.4. The molecule has 0 atom stereocenters. The average molecular weight is 318 g/mol. The molecule has 0 saturated carbocycles. The Balaban J connectivity index is 1.62. The minimum atomic E-state index is 0.101. The van der Waals surface area contributed by atoms with Crippen molar-refractivity contribution in [2.45, 2.75) is 12.8 Å². The Kier molecular flexibility index (Phi) is 3.83. The number of nitrogens with one attached hydrogen (secondary N) is 1. The van der Waals surface area contributed by atoms with Gasteiger partial charge in [0, 0.05) is 29.7 Å². The molecule has 120 valence electrons. The summed E-state index contributed by atoms with van der Waals surface area (Å²) < 4.78 is 0. The van der Waals surface area contributed by atoms with Gasteiger partial charge in [-0.05, 0) is 43.2 Å². The van der Waals surface area contributed by atoms with E-state index >= 15 is 0 Å². The van der Waals surface area contributed by atoms with E-state index in [2.05, 4.69) is 15.3 Å².